The molecule has 24 heavy (non-hydrogen) atoms. The Morgan fingerprint density at radius 3 is 2.71 bits per heavy atom. The molecular formula is C15H12N2O4S3. The van der Waals surface area contributed by atoms with Crippen molar-refractivity contribution in [1.29, 1.82) is 0 Å². The number of thiazole rings is 2. The fraction of sp³-hybridized carbons (Fsp3) is 0.200. The van der Waals surface area contributed by atoms with Crippen molar-refractivity contribution in [3.05, 3.63) is 44.7 Å². The summed E-state index contributed by atoms with van der Waals surface area (Å²) < 4.78 is 10.1. The van der Waals surface area contributed by atoms with Gasteiger partial charge < -0.3 is 9.47 Å². The van der Waals surface area contributed by atoms with Crippen LogP contribution in [0.5, 0.6) is 0 Å². The van der Waals surface area contributed by atoms with Crippen molar-refractivity contribution in [3.63, 3.8) is 0 Å². The molecule has 0 saturated heterocycles. The molecule has 3 aromatic heterocycles. The zero-order chi connectivity index (χ0) is 16.9. The summed E-state index contributed by atoms with van der Waals surface area (Å²) in [6, 6.07) is 3.88. The number of carbonyl (C=O) groups is 2. The van der Waals surface area contributed by atoms with Gasteiger partial charge in [0.25, 0.3) is 0 Å². The quantitative estimate of drug-likeness (QED) is 0.604. The number of nitrogens with zero attached hydrogens (tertiary/aromatic N) is 2. The Labute approximate surface area is 149 Å². The lowest BCUT2D eigenvalue weighted by molar-refractivity contribution is 0.0462. The first-order valence-corrected chi connectivity index (χ1v) is 9.59. The van der Waals surface area contributed by atoms with Crippen LogP contribution in [0.25, 0.3) is 9.88 Å². The Morgan fingerprint density at radius 1 is 1.08 bits per heavy atom. The maximum absolute atomic E-state index is 12.1. The monoisotopic (exact) mass is 380 g/mol. The first-order chi connectivity index (χ1) is 11.7. The fourth-order valence-corrected chi connectivity index (χ4v) is 4.05. The van der Waals surface area contributed by atoms with Crippen molar-refractivity contribution in [1.82, 2.24) is 9.97 Å². The largest absolute Gasteiger partial charge is 0.461 e. The van der Waals surface area contributed by atoms with Gasteiger partial charge in [-0.1, -0.05) is 6.07 Å². The average Bonchev–Trinajstić information content (AvgIpc) is 3.33. The molecule has 3 heterocycles. The zero-order valence-corrected chi connectivity index (χ0v) is 15.0. The second-order valence-electron chi connectivity index (χ2n) is 4.46. The third kappa shape index (κ3) is 3.86. The van der Waals surface area contributed by atoms with Crippen LogP contribution < -0.4 is 0 Å². The molecule has 0 fully saturated rings. The molecule has 0 spiro atoms. The second-order valence-corrected chi connectivity index (χ2v) is 7.12. The Morgan fingerprint density at radius 2 is 1.96 bits per heavy atom. The van der Waals surface area contributed by atoms with Gasteiger partial charge >= 0.3 is 11.9 Å². The third-order valence-electron chi connectivity index (χ3n) is 2.80. The molecule has 0 aliphatic carbocycles. The lowest BCUT2D eigenvalue weighted by Crippen LogP contribution is -2.07. The van der Waals surface area contributed by atoms with Gasteiger partial charge in [0, 0.05) is 10.8 Å². The molecular weight excluding hydrogens is 368 g/mol. The molecule has 0 amide bonds. The summed E-state index contributed by atoms with van der Waals surface area (Å²) in [5.74, 6) is -0.986. The minimum atomic E-state index is -0.514. The van der Waals surface area contributed by atoms with Crippen LogP contribution in [0.1, 0.15) is 32.9 Å². The van der Waals surface area contributed by atoms with Crippen LogP contribution in [0.3, 0.4) is 0 Å². The minimum absolute atomic E-state index is 0.0133. The van der Waals surface area contributed by atoms with Crippen LogP contribution in [0.4, 0.5) is 0 Å². The average molecular weight is 380 g/mol. The molecule has 0 bridgehead atoms. The Bertz CT molecular complexity index is 839. The summed E-state index contributed by atoms with van der Waals surface area (Å²) in [4.78, 5) is 33.0. The number of hydrogen-bond donors (Lipinski definition) is 0. The van der Waals surface area contributed by atoms with Gasteiger partial charge in [-0.2, -0.15) is 0 Å². The van der Waals surface area contributed by atoms with E-state index in [2.05, 4.69) is 9.97 Å². The van der Waals surface area contributed by atoms with Crippen LogP contribution in [-0.2, 0) is 16.1 Å². The van der Waals surface area contributed by atoms with E-state index in [1.807, 2.05) is 17.5 Å². The zero-order valence-electron chi connectivity index (χ0n) is 12.6. The van der Waals surface area contributed by atoms with Crippen LogP contribution in [-0.4, -0.2) is 28.5 Å². The fourth-order valence-electron chi connectivity index (χ4n) is 1.75. The Hall–Kier alpha value is -2.10. The number of esters is 2. The maximum atomic E-state index is 12.1. The summed E-state index contributed by atoms with van der Waals surface area (Å²) in [7, 11) is 0. The molecule has 124 valence electrons. The van der Waals surface area contributed by atoms with E-state index in [0.717, 1.165) is 21.2 Å². The lowest BCUT2D eigenvalue weighted by atomic mass is 10.4. The van der Waals surface area contributed by atoms with Gasteiger partial charge in [-0.25, -0.2) is 19.6 Å². The summed E-state index contributed by atoms with van der Waals surface area (Å²) in [6.07, 6.45) is 0. The smallest absolute Gasteiger partial charge is 0.367 e. The van der Waals surface area contributed by atoms with E-state index in [1.54, 1.807) is 29.0 Å². The number of thiophene rings is 1. The number of hydrogen-bond acceptors (Lipinski definition) is 9. The molecule has 3 aromatic rings. The van der Waals surface area contributed by atoms with Crippen LogP contribution in [0.2, 0.25) is 0 Å². The number of ether oxygens (including phenoxy) is 2. The molecule has 0 aromatic carbocycles. The van der Waals surface area contributed by atoms with Crippen molar-refractivity contribution in [2.24, 2.45) is 0 Å². The summed E-state index contributed by atoms with van der Waals surface area (Å²) in [6.45, 7) is 2.01. The van der Waals surface area contributed by atoms with Gasteiger partial charge in [-0.05, 0) is 18.4 Å². The van der Waals surface area contributed by atoms with Crippen molar-refractivity contribution < 1.29 is 19.1 Å². The molecule has 0 N–H and O–H groups in total. The predicted octanol–water partition coefficient (Wildman–Crippen LogP) is 3.86. The molecule has 9 heteroatoms. The van der Waals surface area contributed by atoms with Crippen molar-refractivity contribution >= 4 is 45.9 Å². The van der Waals surface area contributed by atoms with E-state index >= 15 is 0 Å². The minimum Gasteiger partial charge on any atom is -0.461 e. The first-order valence-electron chi connectivity index (χ1n) is 6.95. The summed E-state index contributed by atoms with van der Waals surface area (Å²) in [5.41, 5.74) is 0.773. The lowest BCUT2D eigenvalue weighted by Gasteiger charge is -2.00. The third-order valence-corrected chi connectivity index (χ3v) is 5.55. The number of carbonyl (C=O) groups excluding carboxylic acids is 2. The SMILES string of the molecule is CCOC(=O)c1nc(COC(=O)c2csc(-c3cccs3)n2)cs1. The van der Waals surface area contributed by atoms with E-state index in [-0.39, 0.29) is 17.3 Å². The molecule has 0 saturated carbocycles. The first kappa shape index (κ1) is 16.7. The van der Waals surface area contributed by atoms with Gasteiger partial charge in [0.05, 0.1) is 17.2 Å². The van der Waals surface area contributed by atoms with Crippen molar-refractivity contribution in [2.75, 3.05) is 6.61 Å². The topological polar surface area (TPSA) is 78.4 Å². The Balaban J connectivity index is 1.59. The molecule has 0 aliphatic heterocycles. The van der Waals surface area contributed by atoms with E-state index in [4.69, 9.17) is 9.47 Å². The highest BCUT2D eigenvalue weighted by molar-refractivity contribution is 7.20. The van der Waals surface area contributed by atoms with E-state index in [1.165, 1.54) is 11.3 Å². The van der Waals surface area contributed by atoms with Crippen molar-refractivity contribution in [3.8, 4) is 9.88 Å². The van der Waals surface area contributed by atoms with Crippen LogP contribution in [0, 0.1) is 0 Å². The van der Waals surface area contributed by atoms with Gasteiger partial charge in [0.15, 0.2) is 5.69 Å². The van der Waals surface area contributed by atoms with E-state index in [9.17, 15) is 9.59 Å². The second kappa shape index (κ2) is 7.65. The summed E-state index contributed by atoms with van der Waals surface area (Å²) >= 11 is 4.12. The molecule has 6 nitrogen and oxygen atoms in total. The van der Waals surface area contributed by atoms with Crippen LogP contribution in [0.15, 0.2) is 28.3 Å². The Kier molecular flexibility index (Phi) is 5.34. The van der Waals surface area contributed by atoms with Gasteiger partial charge in [-0.15, -0.1) is 34.0 Å². The van der Waals surface area contributed by atoms with E-state index in [0.29, 0.717) is 12.3 Å². The van der Waals surface area contributed by atoms with Crippen LogP contribution >= 0.6 is 34.0 Å². The van der Waals surface area contributed by atoms with Gasteiger partial charge in [-0.3, -0.25) is 0 Å². The van der Waals surface area contributed by atoms with E-state index < -0.39 is 11.9 Å². The molecule has 3 rings (SSSR count). The highest BCUT2D eigenvalue weighted by Gasteiger charge is 2.16. The summed E-state index contributed by atoms with van der Waals surface area (Å²) in [5, 5.41) is 6.32. The molecule has 0 unspecified atom stereocenters. The normalized spacial score (nSPS) is 10.5. The highest BCUT2D eigenvalue weighted by atomic mass is 32.1. The number of rotatable bonds is 6. The highest BCUT2D eigenvalue weighted by Crippen LogP contribution is 2.28. The molecule has 0 atom stereocenters. The standard InChI is InChI=1S/C15H12N2O4S3/c1-2-20-15(19)13-16-9(7-23-13)6-21-14(18)10-8-24-12(17-10)11-4-3-5-22-11/h3-5,7-8H,2,6H2,1H3. The van der Waals surface area contributed by atoms with Gasteiger partial charge in [0.2, 0.25) is 5.01 Å². The van der Waals surface area contributed by atoms with Gasteiger partial charge in [0.1, 0.15) is 11.6 Å². The maximum Gasteiger partial charge on any atom is 0.367 e. The number of aromatic nitrogens is 2. The molecule has 0 radical (unpaired) electrons. The predicted molar refractivity (Wildman–Crippen MR) is 92.6 cm³/mol. The molecule has 0 aliphatic rings. The van der Waals surface area contributed by atoms with Crippen molar-refractivity contribution in [2.45, 2.75) is 13.5 Å².